The van der Waals surface area contributed by atoms with Gasteiger partial charge in [0.1, 0.15) is 11.4 Å². The zero-order valence-corrected chi connectivity index (χ0v) is 21.3. The number of nitrogens with zero attached hydrogens (tertiary/aromatic N) is 7. The van der Waals surface area contributed by atoms with Gasteiger partial charge in [-0.3, -0.25) is 9.89 Å². The maximum Gasteiger partial charge on any atom is 0.252 e. The third-order valence-electron chi connectivity index (χ3n) is 6.50. The Morgan fingerprint density at radius 3 is 2.58 bits per heavy atom. The summed E-state index contributed by atoms with van der Waals surface area (Å²) >= 11 is 0. The third kappa shape index (κ3) is 5.47. The van der Waals surface area contributed by atoms with Crippen LogP contribution in [0.4, 0.5) is 22.0 Å². The zero-order chi connectivity index (χ0) is 26.9. The van der Waals surface area contributed by atoms with Crippen LogP contribution in [0.1, 0.15) is 42.8 Å². The highest BCUT2D eigenvalue weighted by atomic mass is 19.1. The molecule has 4 aromatic rings. The summed E-state index contributed by atoms with van der Waals surface area (Å²) in [7, 11) is 0. The molecule has 0 spiro atoms. The van der Waals surface area contributed by atoms with Crippen molar-refractivity contribution in [3.63, 3.8) is 0 Å². The Hall–Kier alpha value is -4.39. The van der Waals surface area contributed by atoms with Gasteiger partial charge in [0.05, 0.1) is 18.4 Å². The van der Waals surface area contributed by atoms with E-state index in [-0.39, 0.29) is 18.9 Å². The molecule has 1 saturated heterocycles. The van der Waals surface area contributed by atoms with Crippen molar-refractivity contribution in [3.05, 3.63) is 65.6 Å². The van der Waals surface area contributed by atoms with Gasteiger partial charge in [0, 0.05) is 55.6 Å². The Kier molecular flexibility index (Phi) is 6.76. The summed E-state index contributed by atoms with van der Waals surface area (Å²) in [6.45, 7) is 6.45. The molecular weight excluding hydrogens is 491 g/mol. The van der Waals surface area contributed by atoms with Crippen LogP contribution in [0, 0.1) is 19.7 Å². The van der Waals surface area contributed by atoms with Crippen molar-refractivity contribution in [2.24, 2.45) is 0 Å². The number of aromatic nitrogens is 7. The Bertz CT molecular complexity index is 1430. The summed E-state index contributed by atoms with van der Waals surface area (Å²) < 4.78 is 14.5. The van der Waals surface area contributed by atoms with Crippen molar-refractivity contribution in [2.45, 2.75) is 45.3 Å². The van der Waals surface area contributed by atoms with Gasteiger partial charge >= 0.3 is 0 Å². The minimum Gasteiger partial charge on any atom is -0.380 e. The number of aromatic amines is 1. The minimum absolute atomic E-state index is 0.228. The van der Waals surface area contributed by atoms with Crippen LogP contribution in [-0.4, -0.2) is 64.6 Å². The van der Waals surface area contributed by atoms with Gasteiger partial charge in [-0.1, -0.05) is 6.07 Å². The quantitative estimate of drug-likeness (QED) is 0.288. The molecule has 0 bridgehead atoms. The molecule has 4 aromatic heterocycles. The summed E-state index contributed by atoms with van der Waals surface area (Å²) in [6.07, 6.45) is 4.39. The lowest BCUT2D eigenvalue weighted by Gasteiger charge is -2.37. The van der Waals surface area contributed by atoms with Gasteiger partial charge in [0.2, 0.25) is 5.95 Å². The molecule has 13 heteroatoms. The van der Waals surface area contributed by atoms with E-state index >= 15 is 0 Å². The molecule has 0 saturated carbocycles. The molecule has 0 unspecified atom stereocenters. The summed E-state index contributed by atoms with van der Waals surface area (Å²) in [5.41, 5.74) is 0.952. The first-order chi connectivity index (χ1) is 18.2. The van der Waals surface area contributed by atoms with Crippen molar-refractivity contribution >= 4 is 23.5 Å². The normalized spacial score (nSPS) is 15.8. The minimum atomic E-state index is -1.51. The van der Waals surface area contributed by atoms with Crippen molar-refractivity contribution < 1.29 is 14.3 Å². The molecule has 5 rings (SSSR count). The number of H-pyrrole nitrogens is 1. The number of carbonyl (C=O) groups excluding carboxylic acids is 1. The maximum atomic E-state index is 13.2. The summed E-state index contributed by atoms with van der Waals surface area (Å²) in [5, 5.41) is 28.1. The lowest BCUT2D eigenvalue weighted by molar-refractivity contribution is -0.142. The van der Waals surface area contributed by atoms with E-state index in [2.05, 4.69) is 40.9 Å². The second-order valence-corrected chi connectivity index (χ2v) is 9.52. The predicted octanol–water partition coefficient (Wildman–Crippen LogP) is 2.49. The van der Waals surface area contributed by atoms with Gasteiger partial charge in [-0.15, -0.1) is 0 Å². The second kappa shape index (κ2) is 10.2. The van der Waals surface area contributed by atoms with Gasteiger partial charge in [-0.25, -0.2) is 19.0 Å². The molecule has 198 valence electrons. The van der Waals surface area contributed by atoms with E-state index in [1.54, 1.807) is 18.3 Å². The molecule has 38 heavy (non-hydrogen) atoms. The number of hydrogen-bond donors (Lipinski definition) is 4. The molecule has 0 aliphatic carbocycles. The molecule has 5 heterocycles. The zero-order valence-electron chi connectivity index (χ0n) is 21.3. The number of aliphatic hydroxyl groups is 1. The van der Waals surface area contributed by atoms with E-state index < -0.39 is 17.3 Å². The average Bonchev–Trinajstić information content (AvgIpc) is 3.51. The van der Waals surface area contributed by atoms with E-state index in [1.807, 2.05) is 37.8 Å². The van der Waals surface area contributed by atoms with Gasteiger partial charge < -0.3 is 20.6 Å². The monoisotopic (exact) mass is 520 g/mol. The fourth-order valence-electron chi connectivity index (χ4n) is 4.30. The van der Waals surface area contributed by atoms with Crippen LogP contribution in [0.2, 0.25) is 0 Å². The fraction of sp³-hybridized carbons (Fsp3) is 0.360. The van der Waals surface area contributed by atoms with Gasteiger partial charge in [0.15, 0.2) is 17.5 Å². The second-order valence-electron chi connectivity index (χ2n) is 9.52. The molecule has 0 radical (unpaired) electrons. The number of halogens is 1. The number of carbonyl (C=O) groups is 1. The number of nitrogens with one attached hydrogen (secondary N) is 3. The van der Waals surface area contributed by atoms with Crippen molar-refractivity contribution in [1.82, 2.24) is 40.2 Å². The summed E-state index contributed by atoms with van der Waals surface area (Å²) in [6, 6.07) is 6.79. The molecule has 1 aliphatic heterocycles. The number of amides is 1. The SMILES string of the molecule is Cc1cc(Nc2cc(C)[nH]n2)nc(N2CCC(O)(C(=O)N[C@@H](C)c3ccc(-n4cc(F)cn4)nc3)CC2)n1. The maximum absolute atomic E-state index is 13.2. The van der Waals surface area contributed by atoms with Crippen LogP contribution in [0.5, 0.6) is 0 Å². The number of aryl methyl sites for hydroxylation is 2. The molecule has 0 aromatic carbocycles. The van der Waals surface area contributed by atoms with Crippen LogP contribution in [-0.2, 0) is 4.79 Å². The topological polar surface area (TPSA) is 150 Å². The number of pyridine rings is 1. The van der Waals surface area contributed by atoms with E-state index in [0.29, 0.717) is 36.5 Å². The standard InChI is InChI=1S/C25H29FN10O2/c1-15-10-20(31-21-11-16(2)33-34-21)32-24(29-15)35-8-6-25(38,7-9-35)23(37)30-17(3)18-4-5-22(27-12-18)36-14-19(26)13-28-36/h4-5,10-14,17,38H,6-9H2,1-3H3,(H,30,37)(H2,29,31,32,33,34)/t17-/m0/s1. The molecular formula is C25H29FN10O2. The van der Waals surface area contributed by atoms with Crippen molar-refractivity contribution in [1.29, 1.82) is 0 Å². The smallest absolute Gasteiger partial charge is 0.252 e. The third-order valence-corrected chi connectivity index (χ3v) is 6.50. The van der Waals surface area contributed by atoms with Crippen LogP contribution in [0.25, 0.3) is 5.82 Å². The van der Waals surface area contributed by atoms with Crippen molar-refractivity contribution in [2.75, 3.05) is 23.3 Å². The number of hydrogen-bond acceptors (Lipinski definition) is 9. The lowest BCUT2D eigenvalue weighted by atomic mass is 9.90. The van der Waals surface area contributed by atoms with E-state index in [0.717, 1.165) is 23.1 Å². The predicted molar refractivity (Wildman–Crippen MR) is 138 cm³/mol. The van der Waals surface area contributed by atoms with E-state index in [1.165, 1.54) is 10.9 Å². The van der Waals surface area contributed by atoms with E-state index in [9.17, 15) is 14.3 Å². The molecule has 1 amide bonds. The highest BCUT2D eigenvalue weighted by Crippen LogP contribution is 2.27. The fourth-order valence-corrected chi connectivity index (χ4v) is 4.30. The Labute approximate surface area is 218 Å². The van der Waals surface area contributed by atoms with Crippen LogP contribution < -0.4 is 15.5 Å². The van der Waals surface area contributed by atoms with E-state index in [4.69, 9.17) is 0 Å². The molecule has 1 fully saturated rings. The summed E-state index contributed by atoms with van der Waals surface area (Å²) in [4.78, 5) is 28.4. The van der Waals surface area contributed by atoms with Crippen LogP contribution >= 0.6 is 0 Å². The average molecular weight is 521 g/mol. The first-order valence-electron chi connectivity index (χ1n) is 12.3. The highest BCUT2D eigenvalue weighted by Gasteiger charge is 2.40. The molecule has 12 nitrogen and oxygen atoms in total. The molecule has 1 aliphatic rings. The first-order valence-corrected chi connectivity index (χ1v) is 12.3. The Morgan fingerprint density at radius 1 is 1.16 bits per heavy atom. The van der Waals surface area contributed by atoms with Crippen LogP contribution in [0.3, 0.4) is 0 Å². The van der Waals surface area contributed by atoms with Gasteiger partial charge in [-0.05, 0) is 32.4 Å². The number of piperidine rings is 1. The van der Waals surface area contributed by atoms with Gasteiger partial charge in [0.25, 0.3) is 5.91 Å². The summed E-state index contributed by atoms with van der Waals surface area (Å²) in [5.74, 6) is 1.36. The molecule has 4 N–H and O–H groups in total. The van der Waals surface area contributed by atoms with Crippen molar-refractivity contribution in [3.8, 4) is 5.82 Å². The molecule has 1 atom stereocenters. The largest absolute Gasteiger partial charge is 0.380 e. The van der Waals surface area contributed by atoms with Gasteiger partial charge in [-0.2, -0.15) is 15.2 Å². The lowest BCUT2D eigenvalue weighted by Crippen LogP contribution is -2.54. The number of rotatable bonds is 7. The Morgan fingerprint density at radius 2 is 1.95 bits per heavy atom. The highest BCUT2D eigenvalue weighted by molar-refractivity contribution is 5.85. The first kappa shape index (κ1) is 25.3. The Balaban J connectivity index is 1.19. The van der Waals surface area contributed by atoms with Crippen LogP contribution in [0.15, 0.2) is 42.9 Å². The number of anilines is 3.